The van der Waals surface area contributed by atoms with Crippen LogP contribution in [-0.4, -0.2) is 39.6 Å². The third-order valence-electron chi connectivity index (χ3n) is 4.72. The van der Waals surface area contributed by atoms with Gasteiger partial charge in [-0.25, -0.2) is 4.79 Å². The number of benzene rings is 1. The molecule has 6 heteroatoms. The van der Waals surface area contributed by atoms with Crippen molar-refractivity contribution in [3.05, 3.63) is 54.4 Å². The summed E-state index contributed by atoms with van der Waals surface area (Å²) in [6, 6.07) is 11.7. The fourth-order valence-electron chi connectivity index (χ4n) is 3.46. The van der Waals surface area contributed by atoms with E-state index < -0.39 is 6.10 Å². The standard InChI is InChI=1S/C19H26N4O2/c24-16(13-15-7-2-1-3-8-15)14-20-19(25)22-17-9-4-5-10-18(17)23-12-6-11-21-23/h1-3,6-8,11-12,16-18,24H,4-5,9-10,13-14H2,(H2,20,22,25). The van der Waals surface area contributed by atoms with E-state index in [0.29, 0.717) is 6.42 Å². The van der Waals surface area contributed by atoms with E-state index in [9.17, 15) is 9.90 Å². The summed E-state index contributed by atoms with van der Waals surface area (Å²) in [7, 11) is 0. The predicted octanol–water partition coefficient (Wildman–Crippen LogP) is 2.27. The summed E-state index contributed by atoms with van der Waals surface area (Å²) in [6.07, 6.45) is 7.88. The Morgan fingerprint density at radius 1 is 1.24 bits per heavy atom. The zero-order valence-electron chi connectivity index (χ0n) is 14.3. The Hall–Kier alpha value is -2.34. The molecule has 3 atom stereocenters. The normalized spacial score (nSPS) is 21.5. The molecule has 3 rings (SSSR count). The molecule has 1 fully saturated rings. The van der Waals surface area contributed by atoms with Crippen LogP contribution in [0, 0.1) is 0 Å². The Balaban J connectivity index is 1.46. The highest BCUT2D eigenvalue weighted by Crippen LogP contribution is 2.27. The highest BCUT2D eigenvalue weighted by atomic mass is 16.3. The first-order valence-electron chi connectivity index (χ1n) is 8.98. The van der Waals surface area contributed by atoms with Crippen LogP contribution in [0.25, 0.3) is 0 Å². The summed E-state index contributed by atoms with van der Waals surface area (Å²) in [5.41, 5.74) is 1.06. The fraction of sp³-hybridized carbons (Fsp3) is 0.474. The molecular formula is C19H26N4O2. The molecule has 6 nitrogen and oxygen atoms in total. The number of hydrogen-bond donors (Lipinski definition) is 3. The fourth-order valence-corrected chi connectivity index (χ4v) is 3.46. The Bertz CT molecular complexity index is 645. The molecule has 3 N–H and O–H groups in total. The molecule has 0 aliphatic heterocycles. The third kappa shape index (κ3) is 5.06. The second-order valence-corrected chi connectivity index (χ2v) is 6.64. The van der Waals surface area contributed by atoms with Crippen LogP contribution in [0.5, 0.6) is 0 Å². The van der Waals surface area contributed by atoms with E-state index >= 15 is 0 Å². The van der Waals surface area contributed by atoms with Crippen molar-refractivity contribution in [3.8, 4) is 0 Å². The van der Waals surface area contributed by atoms with Gasteiger partial charge in [0.2, 0.25) is 0 Å². The Morgan fingerprint density at radius 3 is 2.80 bits per heavy atom. The number of aliphatic hydroxyl groups excluding tert-OH is 1. The molecule has 2 aromatic rings. The average molecular weight is 342 g/mol. The maximum atomic E-state index is 12.2. The lowest BCUT2D eigenvalue weighted by Gasteiger charge is -2.32. The van der Waals surface area contributed by atoms with Crippen molar-refractivity contribution in [1.82, 2.24) is 20.4 Å². The molecule has 2 amide bonds. The van der Waals surface area contributed by atoms with Gasteiger partial charge in [-0.1, -0.05) is 43.2 Å². The summed E-state index contributed by atoms with van der Waals surface area (Å²) in [5, 5.41) is 20.3. The van der Waals surface area contributed by atoms with Crippen molar-refractivity contribution in [2.45, 2.75) is 50.3 Å². The molecule has 25 heavy (non-hydrogen) atoms. The maximum absolute atomic E-state index is 12.2. The summed E-state index contributed by atoms with van der Waals surface area (Å²) >= 11 is 0. The molecule has 0 bridgehead atoms. The third-order valence-corrected chi connectivity index (χ3v) is 4.72. The lowest BCUT2D eigenvalue weighted by molar-refractivity contribution is 0.167. The van der Waals surface area contributed by atoms with E-state index in [1.54, 1.807) is 6.20 Å². The first-order valence-corrected chi connectivity index (χ1v) is 8.98. The van der Waals surface area contributed by atoms with E-state index in [4.69, 9.17) is 0 Å². The first kappa shape index (κ1) is 17.5. The van der Waals surface area contributed by atoms with Crippen LogP contribution in [0.3, 0.4) is 0 Å². The number of rotatable bonds is 6. The van der Waals surface area contributed by atoms with Crippen LogP contribution < -0.4 is 10.6 Å². The second-order valence-electron chi connectivity index (χ2n) is 6.64. The zero-order chi connectivity index (χ0) is 17.5. The molecule has 1 heterocycles. The molecule has 0 spiro atoms. The van der Waals surface area contributed by atoms with Gasteiger partial charge in [0.25, 0.3) is 0 Å². The van der Waals surface area contributed by atoms with E-state index in [0.717, 1.165) is 31.2 Å². The number of nitrogens with zero attached hydrogens (tertiary/aromatic N) is 2. The van der Waals surface area contributed by atoms with E-state index in [1.807, 2.05) is 47.3 Å². The number of nitrogens with one attached hydrogen (secondary N) is 2. The van der Waals surface area contributed by atoms with Crippen molar-refractivity contribution >= 4 is 6.03 Å². The first-order chi connectivity index (χ1) is 12.2. The topological polar surface area (TPSA) is 79.2 Å². The predicted molar refractivity (Wildman–Crippen MR) is 96.2 cm³/mol. The van der Waals surface area contributed by atoms with Gasteiger partial charge >= 0.3 is 6.03 Å². The molecule has 1 aliphatic carbocycles. The monoisotopic (exact) mass is 342 g/mol. The number of aromatic nitrogens is 2. The lowest BCUT2D eigenvalue weighted by atomic mass is 9.90. The van der Waals surface area contributed by atoms with Crippen LogP contribution in [0.15, 0.2) is 48.8 Å². The van der Waals surface area contributed by atoms with Gasteiger partial charge in [0.05, 0.1) is 18.2 Å². The van der Waals surface area contributed by atoms with Gasteiger partial charge in [-0.3, -0.25) is 4.68 Å². The van der Waals surface area contributed by atoms with Crippen molar-refractivity contribution in [2.75, 3.05) is 6.54 Å². The molecule has 134 valence electrons. The summed E-state index contributed by atoms with van der Waals surface area (Å²) < 4.78 is 1.94. The van der Waals surface area contributed by atoms with E-state index in [2.05, 4.69) is 15.7 Å². The average Bonchev–Trinajstić information content (AvgIpc) is 3.16. The maximum Gasteiger partial charge on any atom is 0.315 e. The summed E-state index contributed by atoms with van der Waals surface area (Å²) in [6.45, 7) is 0.236. The van der Waals surface area contributed by atoms with Gasteiger partial charge in [0.1, 0.15) is 0 Å². The van der Waals surface area contributed by atoms with Gasteiger partial charge in [0.15, 0.2) is 0 Å². The lowest BCUT2D eigenvalue weighted by Crippen LogP contribution is -2.49. The molecule has 3 unspecified atom stereocenters. The summed E-state index contributed by atoms with van der Waals surface area (Å²) in [4.78, 5) is 12.2. The molecule has 1 saturated carbocycles. The smallest absolute Gasteiger partial charge is 0.315 e. The number of carbonyl (C=O) groups excluding carboxylic acids is 1. The van der Waals surface area contributed by atoms with E-state index in [1.165, 1.54) is 0 Å². The quantitative estimate of drug-likeness (QED) is 0.753. The van der Waals surface area contributed by atoms with Crippen LogP contribution in [0.4, 0.5) is 4.79 Å². The summed E-state index contributed by atoms with van der Waals surface area (Å²) in [5.74, 6) is 0. The van der Waals surface area contributed by atoms with Crippen molar-refractivity contribution in [2.24, 2.45) is 0 Å². The van der Waals surface area contributed by atoms with Crippen molar-refractivity contribution in [3.63, 3.8) is 0 Å². The number of carbonyl (C=O) groups is 1. The highest BCUT2D eigenvalue weighted by Gasteiger charge is 2.28. The molecule has 0 saturated heterocycles. The molecular weight excluding hydrogens is 316 g/mol. The van der Waals surface area contributed by atoms with Crippen LogP contribution >= 0.6 is 0 Å². The second kappa shape index (κ2) is 8.67. The number of amides is 2. The van der Waals surface area contributed by atoms with Gasteiger partial charge in [-0.05, 0) is 24.5 Å². The van der Waals surface area contributed by atoms with Crippen LogP contribution in [0.1, 0.15) is 37.3 Å². The number of aliphatic hydroxyl groups is 1. The molecule has 1 aliphatic rings. The SMILES string of the molecule is O=C(NCC(O)Cc1ccccc1)NC1CCCCC1n1cccn1. The van der Waals surface area contributed by atoms with Crippen LogP contribution in [0.2, 0.25) is 0 Å². The minimum atomic E-state index is -0.596. The zero-order valence-corrected chi connectivity index (χ0v) is 14.3. The van der Waals surface area contributed by atoms with Crippen LogP contribution in [-0.2, 0) is 6.42 Å². The van der Waals surface area contributed by atoms with Gasteiger partial charge in [0, 0.05) is 25.4 Å². The van der Waals surface area contributed by atoms with Gasteiger partial charge in [-0.15, -0.1) is 0 Å². The Kier molecular flexibility index (Phi) is 6.06. The van der Waals surface area contributed by atoms with Crippen molar-refractivity contribution < 1.29 is 9.90 Å². The van der Waals surface area contributed by atoms with Crippen molar-refractivity contribution in [1.29, 1.82) is 0 Å². The largest absolute Gasteiger partial charge is 0.391 e. The highest BCUT2D eigenvalue weighted by molar-refractivity contribution is 5.74. The Labute approximate surface area is 148 Å². The molecule has 1 aromatic carbocycles. The number of urea groups is 1. The Morgan fingerprint density at radius 2 is 2.04 bits per heavy atom. The molecule has 1 aromatic heterocycles. The van der Waals surface area contributed by atoms with E-state index in [-0.39, 0.29) is 24.7 Å². The molecule has 0 radical (unpaired) electrons. The number of hydrogen-bond acceptors (Lipinski definition) is 3. The minimum absolute atomic E-state index is 0.0694. The van der Waals surface area contributed by atoms with Gasteiger partial charge < -0.3 is 15.7 Å². The minimum Gasteiger partial charge on any atom is -0.391 e. The van der Waals surface area contributed by atoms with Gasteiger partial charge in [-0.2, -0.15) is 5.10 Å².